The van der Waals surface area contributed by atoms with E-state index in [9.17, 15) is 14.5 Å². The average molecular weight is 330 g/mol. The second-order valence-corrected chi connectivity index (χ2v) is 6.90. The van der Waals surface area contributed by atoms with Crippen molar-refractivity contribution < 1.29 is 33.5 Å². The Balaban J connectivity index is 2.59. The van der Waals surface area contributed by atoms with Crippen LogP contribution in [0.3, 0.4) is 0 Å². The summed E-state index contributed by atoms with van der Waals surface area (Å²) >= 11 is 0. The normalized spacial score (nSPS) is 21.0. The van der Waals surface area contributed by atoms with Gasteiger partial charge in [-0.1, -0.05) is 0 Å². The Morgan fingerprint density at radius 1 is 1.23 bits per heavy atom. The van der Waals surface area contributed by atoms with Gasteiger partial charge in [-0.2, -0.15) is 0 Å². The Labute approximate surface area is 128 Å². The van der Waals surface area contributed by atoms with Gasteiger partial charge in [0.1, 0.15) is 11.5 Å². The zero-order valence-electron chi connectivity index (χ0n) is 12.8. The molecule has 1 atom stereocenters. The first-order valence-corrected chi connectivity index (χ1v) is 8.29. The molecule has 0 aliphatic carbocycles. The molecular weight excluding hydrogens is 311 g/mol. The first-order valence-electron chi connectivity index (χ1n) is 6.76. The predicted molar refractivity (Wildman–Crippen MR) is 78.3 cm³/mol. The summed E-state index contributed by atoms with van der Waals surface area (Å²) in [6.45, 7) is 6.57. The van der Waals surface area contributed by atoms with E-state index in [1.807, 2.05) is 0 Å². The van der Waals surface area contributed by atoms with Gasteiger partial charge in [-0.15, -0.1) is 0 Å². The number of hydrogen-bond donors (Lipinski definition) is 3. The number of carboxylic acid groups (broad SMARTS) is 1. The number of benzene rings is 1. The van der Waals surface area contributed by atoms with Crippen LogP contribution in [0.15, 0.2) is 0 Å². The van der Waals surface area contributed by atoms with Crippen molar-refractivity contribution in [2.24, 2.45) is 0 Å². The molecule has 22 heavy (non-hydrogen) atoms. The second-order valence-electron chi connectivity index (χ2n) is 5.73. The van der Waals surface area contributed by atoms with E-state index in [0.717, 1.165) is 5.56 Å². The average Bonchev–Trinajstić information content (AvgIpc) is 2.40. The number of phosphoric acid groups is 1. The fourth-order valence-corrected chi connectivity index (χ4v) is 3.15. The smallest absolute Gasteiger partial charge is 0.478 e. The molecule has 2 rings (SSSR count). The van der Waals surface area contributed by atoms with Crippen molar-refractivity contribution in [1.29, 1.82) is 0 Å². The van der Waals surface area contributed by atoms with Crippen LogP contribution < -0.4 is 9.26 Å². The minimum Gasteiger partial charge on any atom is -0.478 e. The van der Waals surface area contributed by atoms with Crippen molar-refractivity contribution in [1.82, 2.24) is 0 Å². The molecule has 0 fully saturated rings. The van der Waals surface area contributed by atoms with Crippen molar-refractivity contribution in [3.8, 4) is 11.5 Å². The molecule has 8 heteroatoms. The van der Waals surface area contributed by atoms with E-state index >= 15 is 0 Å². The van der Waals surface area contributed by atoms with Gasteiger partial charge in [0, 0.05) is 12.0 Å². The summed E-state index contributed by atoms with van der Waals surface area (Å²) in [5.41, 5.74) is 1.13. The molecule has 1 aliphatic heterocycles. The molecule has 7 nitrogen and oxygen atoms in total. The largest absolute Gasteiger partial charge is 0.524 e. The van der Waals surface area contributed by atoms with Crippen LogP contribution in [0.1, 0.15) is 35.6 Å². The SMILES string of the molecule is Cc1c(C)c2c(c(C)c1OP(=O)(O)O)CCC(C)(C(=O)O)O2. The molecule has 0 saturated carbocycles. The summed E-state index contributed by atoms with van der Waals surface area (Å²) in [6.07, 6.45) is 0.705. The van der Waals surface area contributed by atoms with Gasteiger partial charge < -0.3 is 14.4 Å². The summed E-state index contributed by atoms with van der Waals surface area (Å²) < 4.78 is 21.7. The molecule has 1 aliphatic rings. The van der Waals surface area contributed by atoms with Gasteiger partial charge in [-0.05, 0) is 50.8 Å². The van der Waals surface area contributed by atoms with Crippen molar-refractivity contribution >= 4 is 13.8 Å². The lowest BCUT2D eigenvalue weighted by atomic mass is 9.87. The number of carboxylic acids is 1. The minimum atomic E-state index is -4.67. The first-order chi connectivity index (χ1) is 9.96. The van der Waals surface area contributed by atoms with E-state index < -0.39 is 19.4 Å². The summed E-state index contributed by atoms with van der Waals surface area (Å²) in [5, 5.41) is 9.31. The molecule has 1 aromatic rings. The number of fused-ring (bicyclic) bond motifs is 1. The van der Waals surface area contributed by atoms with Crippen LogP contribution in [0.2, 0.25) is 0 Å². The van der Waals surface area contributed by atoms with Crippen molar-refractivity contribution in [3.05, 3.63) is 22.3 Å². The standard InChI is InChI=1S/C14H19O7P/c1-7-8(2)12-10(5-6-14(4,20-12)13(15)16)9(3)11(7)21-22(17,18)19/h5-6H2,1-4H3,(H,15,16)(H2,17,18,19). The van der Waals surface area contributed by atoms with E-state index in [-0.39, 0.29) is 12.2 Å². The van der Waals surface area contributed by atoms with Gasteiger partial charge in [-0.25, -0.2) is 9.36 Å². The fraction of sp³-hybridized carbons (Fsp3) is 0.500. The van der Waals surface area contributed by atoms with Crippen LogP contribution in [0.4, 0.5) is 0 Å². The number of ether oxygens (including phenoxy) is 1. The van der Waals surface area contributed by atoms with Crippen molar-refractivity contribution in [2.75, 3.05) is 0 Å². The third-order valence-electron chi connectivity index (χ3n) is 4.15. The van der Waals surface area contributed by atoms with Crippen LogP contribution in [-0.4, -0.2) is 26.5 Å². The number of phosphoric ester groups is 1. The Morgan fingerprint density at radius 2 is 1.82 bits per heavy atom. The maximum Gasteiger partial charge on any atom is 0.524 e. The van der Waals surface area contributed by atoms with Crippen LogP contribution in [0.25, 0.3) is 0 Å². The van der Waals surface area contributed by atoms with Gasteiger partial charge in [0.15, 0.2) is 0 Å². The van der Waals surface area contributed by atoms with E-state index in [1.54, 1.807) is 20.8 Å². The maximum atomic E-state index is 11.4. The monoisotopic (exact) mass is 330 g/mol. The quantitative estimate of drug-likeness (QED) is 0.728. The minimum absolute atomic E-state index is 0.132. The van der Waals surface area contributed by atoms with Crippen LogP contribution in [0, 0.1) is 20.8 Å². The lowest BCUT2D eigenvalue weighted by Gasteiger charge is -2.35. The molecule has 0 aromatic heterocycles. The molecule has 0 bridgehead atoms. The fourth-order valence-electron chi connectivity index (χ4n) is 2.64. The van der Waals surface area contributed by atoms with Gasteiger partial charge in [0.05, 0.1) is 0 Å². The molecule has 1 heterocycles. The highest BCUT2D eigenvalue weighted by Crippen LogP contribution is 2.48. The molecule has 0 radical (unpaired) electrons. The number of aliphatic carboxylic acids is 1. The van der Waals surface area contributed by atoms with Gasteiger partial charge in [0.25, 0.3) is 0 Å². The zero-order chi connectivity index (χ0) is 16.9. The van der Waals surface area contributed by atoms with Crippen LogP contribution in [0.5, 0.6) is 11.5 Å². The zero-order valence-corrected chi connectivity index (χ0v) is 13.7. The number of carbonyl (C=O) groups is 1. The Morgan fingerprint density at radius 3 is 2.32 bits per heavy atom. The van der Waals surface area contributed by atoms with E-state index in [1.165, 1.54) is 6.92 Å². The number of rotatable bonds is 3. The lowest BCUT2D eigenvalue weighted by molar-refractivity contribution is -0.155. The summed E-state index contributed by atoms with van der Waals surface area (Å²) in [5.74, 6) is -0.445. The highest BCUT2D eigenvalue weighted by atomic mass is 31.2. The molecule has 0 amide bonds. The molecule has 0 saturated heterocycles. The van der Waals surface area contributed by atoms with Crippen molar-refractivity contribution in [2.45, 2.75) is 46.1 Å². The van der Waals surface area contributed by atoms with E-state index in [0.29, 0.717) is 28.9 Å². The van der Waals surface area contributed by atoms with Crippen LogP contribution >= 0.6 is 7.82 Å². The first kappa shape index (κ1) is 16.8. The molecule has 1 aromatic carbocycles. The predicted octanol–water partition coefficient (Wildman–Crippen LogP) is 2.25. The molecule has 0 spiro atoms. The highest BCUT2D eigenvalue weighted by molar-refractivity contribution is 7.46. The van der Waals surface area contributed by atoms with Crippen LogP contribution in [-0.2, 0) is 15.8 Å². The Bertz CT molecular complexity index is 691. The van der Waals surface area contributed by atoms with Gasteiger partial charge in [0.2, 0.25) is 5.60 Å². The Kier molecular flexibility index (Phi) is 4.02. The lowest BCUT2D eigenvalue weighted by Crippen LogP contribution is -2.44. The van der Waals surface area contributed by atoms with Gasteiger partial charge in [-0.3, -0.25) is 9.79 Å². The Hall–Kier alpha value is -1.56. The summed E-state index contributed by atoms with van der Waals surface area (Å²) in [6, 6.07) is 0. The third kappa shape index (κ3) is 2.84. The van der Waals surface area contributed by atoms with E-state index in [2.05, 4.69) is 0 Å². The second kappa shape index (κ2) is 5.26. The molecule has 1 unspecified atom stereocenters. The highest BCUT2D eigenvalue weighted by Gasteiger charge is 2.41. The molecule has 3 N–H and O–H groups in total. The molecular formula is C14H19O7P. The molecule has 122 valence electrons. The maximum absolute atomic E-state index is 11.4. The van der Waals surface area contributed by atoms with Crippen molar-refractivity contribution in [3.63, 3.8) is 0 Å². The van der Waals surface area contributed by atoms with E-state index in [4.69, 9.17) is 19.0 Å². The third-order valence-corrected chi connectivity index (χ3v) is 4.57. The summed E-state index contributed by atoms with van der Waals surface area (Å²) in [4.78, 5) is 29.5. The summed E-state index contributed by atoms with van der Waals surface area (Å²) in [7, 11) is -4.67. The van der Waals surface area contributed by atoms with Gasteiger partial charge >= 0.3 is 13.8 Å². The number of hydrogen-bond acceptors (Lipinski definition) is 4. The topological polar surface area (TPSA) is 113 Å².